The fourth-order valence-corrected chi connectivity index (χ4v) is 3.85. The Morgan fingerprint density at radius 3 is 1.85 bits per heavy atom. The van der Waals surface area contributed by atoms with Crippen LogP contribution in [0.4, 0.5) is 11.4 Å². The maximum atomic E-state index is 12.5. The van der Waals surface area contributed by atoms with E-state index in [1.54, 1.807) is 18.2 Å². The fourth-order valence-electron chi connectivity index (χ4n) is 3.85. The van der Waals surface area contributed by atoms with Crippen molar-refractivity contribution in [3.63, 3.8) is 0 Å². The van der Waals surface area contributed by atoms with Crippen molar-refractivity contribution in [1.29, 1.82) is 0 Å². The predicted octanol–water partition coefficient (Wildman–Crippen LogP) is 3.73. The van der Waals surface area contributed by atoms with Gasteiger partial charge in [0, 0.05) is 11.8 Å². The molecule has 6 heteroatoms. The van der Waals surface area contributed by atoms with E-state index in [1.165, 1.54) is 7.11 Å². The predicted molar refractivity (Wildman–Crippen MR) is 99.0 cm³/mol. The van der Waals surface area contributed by atoms with E-state index in [2.05, 4.69) is 10.6 Å². The molecule has 1 aromatic carbocycles. The molecule has 0 heterocycles. The van der Waals surface area contributed by atoms with Crippen LogP contribution in [0.15, 0.2) is 18.2 Å². The zero-order chi connectivity index (χ0) is 18.5. The van der Waals surface area contributed by atoms with Crippen molar-refractivity contribution in [3.05, 3.63) is 23.8 Å². The van der Waals surface area contributed by atoms with Crippen LogP contribution >= 0.6 is 0 Å². The van der Waals surface area contributed by atoms with Crippen molar-refractivity contribution >= 4 is 29.2 Å². The van der Waals surface area contributed by atoms with Gasteiger partial charge in [-0.3, -0.25) is 9.59 Å². The Morgan fingerprint density at radius 2 is 1.35 bits per heavy atom. The van der Waals surface area contributed by atoms with Gasteiger partial charge in [0.1, 0.15) is 0 Å². The number of esters is 1. The molecule has 3 rings (SSSR count). The molecule has 1 aromatic rings. The van der Waals surface area contributed by atoms with Crippen LogP contribution in [0.1, 0.15) is 61.7 Å². The van der Waals surface area contributed by atoms with E-state index in [4.69, 9.17) is 4.74 Å². The van der Waals surface area contributed by atoms with E-state index < -0.39 is 5.97 Å². The van der Waals surface area contributed by atoms with E-state index in [1.807, 2.05) is 0 Å². The van der Waals surface area contributed by atoms with E-state index in [-0.39, 0.29) is 23.7 Å². The van der Waals surface area contributed by atoms with Crippen molar-refractivity contribution < 1.29 is 19.1 Å². The molecule has 0 aromatic heterocycles. The van der Waals surface area contributed by atoms with Crippen LogP contribution in [0.25, 0.3) is 0 Å². The van der Waals surface area contributed by atoms with Gasteiger partial charge in [-0.25, -0.2) is 4.79 Å². The van der Waals surface area contributed by atoms with Crippen LogP contribution in [-0.2, 0) is 14.3 Å². The highest BCUT2D eigenvalue weighted by Gasteiger charge is 2.26. The molecule has 0 radical (unpaired) electrons. The molecule has 2 fully saturated rings. The zero-order valence-corrected chi connectivity index (χ0v) is 15.2. The summed E-state index contributed by atoms with van der Waals surface area (Å²) in [6.07, 6.45) is 7.83. The maximum Gasteiger partial charge on any atom is 0.337 e. The number of nitrogens with one attached hydrogen (secondary N) is 2. The number of hydrogen-bond donors (Lipinski definition) is 2. The number of methoxy groups -OCH3 is 1. The van der Waals surface area contributed by atoms with Crippen LogP contribution in [0.3, 0.4) is 0 Å². The lowest BCUT2D eigenvalue weighted by Crippen LogP contribution is -2.24. The van der Waals surface area contributed by atoms with Gasteiger partial charge in [-0.15, -0.1) is 0 Å². The molecule has 6 nitrogen and oxygen atoms in total. The number of carbonyl (C=O) groups excluding carboxylic acids is 3. The van der Waals surface area contributed by atoms with Gasteiger partial charge in [-0.1, -0.05) is 25.7 Å². The molecule has 2 N–H and O–H groups in total. The highest BCUT2D eigenvalue weighted by atomic mass is 16.5. The maximum absolute atomic E-state index is 12.5. The third kappa shape index (κ3) is 4.23. The molecule has 2 amide bonds. The lowest BCUT2D eigenvalue weighted by atomic mass is 10.1. The lowest BCUT2D eigenvalue weighted by molar-refractivity contribution is -0.120. The number of ether oxygens (including phenoxy) is 1. The number of benzene rings is 1. The first kappa shape index (κ1) is 18.4. The number of hydrogen-bond acceptors (Lipinski definition) is 4. The van der Waals surface area contributed by atoms with Crippen molar-refractivity contribution in [2.75, 3.05) is 17.7 Å². The first-order valence-electron chi connectivity index (χ1n) is 9.42. The van der Waals surface area contributed by atoms with Gasteiger partial charge in [0.25, 0.3) is 0 Å². The molecule has 0 unspecified atom stereocenters. The highest BCUT2D eigenvalue weighted by Crippen LogP contribution is 2.31. The normalized spacial score (nSPS) is 17.9. The molecule has 26 heavy (non-hydrogen) atoms. The molecule has 0 bridgehead atoms. The van der Waals surface area contributed by atoms with Crippen molar-refractivity contribution in [2.45, 2.75) is 51.4 Å². The van der Waals surface area contributed by atoms with E-state index >= 15 is 0 Å². The summed E-state index contributed by atoms with van der Waals surface area (Å²) in [5, 5.41) is 5.83. The van der Waals surface area contributed by atoms with Crippen molar-refractivity contribution in [1.82, 2.24) is 0 Å². The third-order valence-electron chi connectivity index (χ3n) is 5.41. The van der Waals surface area contributed by atoms with Crippen LogP contribution in [0, 0.1) is 11.8 Å². The first-order chi connectivity index (χ1) is 12.6. The van der Waals surface area contributed by atoms with Crippen molar-refractivity contribution in [2.24, 2.45) is 11.8 Å². The molecular formula is C20H26N2O4. The Bertz CT molecular complexity index is 689. The van der Waals surface area contributed by atoms with Crippen LogP contribution in [-0.4, -0.2) is 24.9 Å². The Balaban J connectivity index is 1.80. The third-order valence-corrected chi connectivity index (χ3v) is 5.41. The number of amides is 2. The molecule has 0 atom stereocenters. The Hall–Kier alpha value is -2.37. The molecule has 140 valence electrons. The number of anilines is 2. The minimum Gasteiger partial charge on any atom is -0.465 e. The molecule has 0 saturated heterocycles. The average molecular weight is 358 g/mol. The molecule has 0 spiro atoms. The van der Waals surface area contributed by atoms with Gasteiger partial charge in [0.2, 0.25) is 11.8 Å². The second-order valence-corrected chi connectivity index (χ2v) is 7.19. The quantitative estimate of drug-likeness (QED) is 0.786. The second-order valence-electron chi connectivity index (χ2n) is 7.19. The van der Waals surface area contributed by atoms with Gasteiger partial charge < -0.3 is 15.4 Å². The summed E-state index contributed by atoms with van der Waals surface area (Å²) >= 11 is 0. The van der Waals surface area contributed by atoms with Crippen LogP contribution in [0.5, 0.6) is 0 Å². The van der Waals surface area contributed by atoms with E-state index in [0.29, 0.717) is 16.9 Å². The van der Waals surface area contributed by atoms with Crippen LogP contribution < -0.4 is 10.6 Å². The van der Waals surface area contributed by atoms with Gasteiger partial charge in [-0.05, 0) is 43.9 Å². The monoisotopic (exact) mass is 358 g/mol. The largest absolute Gasteiger partial charge is 0.465 e. The average Bonchev–Trinajstić information content (AvgIpc) is 3.36. The molecule has 2 saturated carbocycles. The summed E-state index contributed by atoms with van der Waals surface area (Å²) in [7, 11) is 1.31. The number of carbonyl (C=O) groups is 3. The second kappa shape index (κ2) is 8.34. The lowest BCUT2D eigenvalue weighted by Gasteiger charge is -2.17. The summed E-state index contributed by atoms with van der Waals surface area (Å²) in [5.74, 6) is -0.538. The summed E-state index contributed by atoms with van der Waals surface area (Å²) in [4.78, 5) is 36.8. The minimum atomic E-state index is -0.477. The summed E-state index contributed by atoms with van der Waals surface area (Å²) in [6, 6.07) is 4.83. The molecule has 2 aliphatic rings. The minimum absolute atomic E-state index is 0.00448. The number of rotatable bonds is 5. The molecule has 2 aliphatic carbocycles. The zero-order valence-electron chi connectivity index (χ0n) is 15.2. The standard InChI is InChI=1S/C20H26N2O4/c1-26-20(25)15-10-11-16(21-18(23)13-6-2-3-7-13)17(12-15)22-19(24)14-8-4-5-9-14/h10-14H,2-9H2,1H3,(H,21,23)(H,22,24). The topological polar surface area (TPSA) is 84.5 Å². The Kier molecular flexibility index (Phi) is 5.91. The summed E-state index contributed by atoms with van der Waals surface area (Å²) in [5.41, 5.74) is 1.32. The Morgan fingerprint density at radius 1 is 0.846 bits per heavy atom. The smallest absolute Gasteiger partial charge is 0.337 e. The van der Waals surface area contributed by atoms with E-state index in [9.17, 15) is 14.4 Å². The van der Waals surface area contributed by atoms with E-state index in [0.717, 1.165) is 51.4 Å². The van der Waals surface area contributed by atoms with Gasteiger partial charge >= 0.3 is 5.97 Å². The van der Waals surface area contributed by atoms with Gasteiger partial charge in [0.15, 0.2) is 0 Å². The Labute approximate surface area is 153 Å². The van der Waals surface area contributed by atoms with Gasteiger partial charge in [0.05, 0.1) is 24.0 Å². The molecule has 0 aliphatic heterocycles. The highest BCUT2D eigenvalue weighted by molar-refractivity contribution is 6.03. The molecular weight excluding hydrogens is 332 g/mol. The first-order valence-corrected chi connectivity index (χ1v) is 9.42. The van der Waals surface area contributed by atoms with Crippen LogP contribution in [0.2, 0.25) is 0 Å². The van der Waals surface area contributed by atoms with Crippen molar-refractivity contribution in [3.8, 4) is 0 Å². The van der Waals surface area contributed by atoms with Gasteiger partial charge in [-0.2, -0.15) is 0 Å². The summed E-state index contributed by atoms with van der Waals surface area (Å²) in [6.45, 7) is 0. The fraction of sp³-hybridized carbons (Fsp3) is 0.550. The SMILES string of the molecule is COC(=O)c1ccc(NC(=O)C2CCCC2)c(NC(=O)C2CCCC2)c1. The summed E-state index contributed by atoms with van der Waals surface area (Å²) < 4.78 is 4.76.